The SMILES string of the molecule is Cc1ccc(-n2nc(C3(C)CCN(S(C)(=O)=O)CC3)cc2NC(=O)c2cnn3cccnc23)cc1. The molecule has 0 bridgehead atoms. The minimum absolute atomic E-state index is 0.331. The summed E-state index contributed by atoms with van der Waals surface area (Å²) in [6.45, 7) is 4.97. The molecule has 5 rings (SSSR count). The first-order valence-corrected chi connectivity index (χ1v) is 13.2. The normalized spacial score (nSPS) is 16.4. The molecule has 1 saturated heterocycles. The predicted octanol–water partition coefficient (Wildman–Crippen LogP) is 2.79. The molecule has 0 radical (unpaired) electrons. The molecule has 1 aromatic carbocycles. The van der Waals surface area contributed by atoms with Gasteiger partial charge in [0.1, 0.15) is 11.4 Å². The van der Waals surface area contributed by atoms with Crippen LogP contribution in [0, 0.1) is 6.92 Å². The smallest absolute Gasteiger partial charge is 0.262 e. The van der Waals surface area contributed by atoms with Gasteiger partial charge in [0.15, 0.2) is 5.65 Å². The number of amides is 1. The van der Waals surface area contributed by atoms with Crippen molar-refractivity contribution in [3.63, 3.8) is 0 Å². The third-order valence-corrected chi connectivity index (χ3v) is 7.97. The maximum absolute atomic E-state index is 13.2. The predicted molar refractivity (Wildman–Crippen MR) is 132 cm³/mol. The molecule has 0 saturated carbocycles. The van der Waals surface area contributed by atoms with Crippen LogP contribution in [-0.4, -0.2) is 62.4 Å². The lowest BCUT2D eigenvalue weighted by Crippen LogP contribution is -2.43. The van der Waals surface area contributed by atoms with E-state index in [0.717, 1.165) is 16.9 Å². The van der Waals surface area contributed by atoms with Gasteiger partial charge in [0, 0.05) is 37.0 Å². The van der Waals surface area contributed by atoms with Crippen LogP contribution in [0.2, 0.25) is 0 Å². The Kier molecular flexibility index (Phi) is 5.68. The second kappa shape index (κ2) is 8.58. The molecule has 1 aliphatic rings. The lowest BCUT2D eigenvalue weighted by Gasteiger charge is -2.37. The zero-order valence-corrected chi connectivity index (χ0v) is 20.7. The van der Waals surface area contributed by atoms with Crippen LogP contribution in [0.1, 0.15) is 41.4 Å². The van der Waals surface area contributed by atoms with Gasteiger partial charge in [-0.05, 0) is 38.0 Å². The second-order valence-corrected chi connectivity index (χ2v) is 11.3. The van der Waals surface area contributed by atoms with E-state index in [0.29, 0.717) is 43.0 Å². The quantitative estimate of drug-likeness (QED) is 0.457. The van der Waals surface area contributed by atoms with E-state index >= 15 is 0 Å². The number of rotatable bonds is 5. The van der Waals surface area contributed by atoms with Crippen molar-refractivity contribution in [1.82, 2.24) is 28.7 Å². The lowest BCUT2D eigenvalue weighted by atomic mass is 9.78. The second-order valence-electron chi connectivity index (χ2n) is 9.29. The summed E-state index contributed by atoms with van der Waals surface area (Å²) in [7, 11) is -3.23. The Bertz CT molecular complexity index is 1500. The maximum Gasteiger partial charge on any atom is 0.262 e. The number of piperidine rings is 1. The van der Waals surface area contributed by atoms with Crippen molar-refractivity contribution in [1.29, 1.82) is 0 Å². The molecule has 10 nitrogen and oxygen atoms in total. The number of aryl methyl sites for hydroxylation is 1. The summed E-state index contributed by atoms with van der Waals surface area (Å²) < 4.78 is 28.7. The minimum Gasteiger partial charge on any atom is -0.306 e. The first-order chi connectivity index (χ1) is 16.6. The van der Waals surface area contributed by atoms with Gasteiger partial charge in [-0.1, -0.05) is 24.6 Å². The molecule has 3 aromatic heterocycles. The largest absolute Gasteiger partial charge is 0.306 e. The molecule has 0 atom stereocenters. The highest BCUT2D eigenvalue weighted by Crippen LogP contribution is 2.37. The average molecular weight is 494 g/mol. The maximum atomic E-state index is 13.2. The number of carbonyl (C=O) groups excluding carboxylic acids is 1. The molecule has 35 heavy (non-hydrogen) atoms. The minimum atomic E-state index is -3.23. The Labute approximate surface area is 203 Å². The molecule has 1 amide bonds. The number of nitrogens with zero attached hydrogens (tertiary/aromatic N) is 6. The van der Waals surface area contributed by atoms with Crippen LogP contribution in [0.5, 0.6) is 0 Å². The monoisotopic (exact) mass is 493 g/mol. The highest BCUT2D eigenvalue weighted by molar-refractivity contribution is 7.88. The van der Waals surface area contributed by atoms with Gasteiger partial charge < -0.3 is 5.32 Å². The summed E-state index contributed by atoms with van der Waals surface area (Å²) in [6.07, 6.45) is 7.36. The number of anilines is 1. The van der Waals surface area contributed by atoms with Crippen molar-refractivity contribution in [2.45, 2.75) is 32.1 Å². The fourth-order valence-electron chi connectivity index (χ4n) is 4.39. The third-order valence-electron chi connectivity index (χ3n) is 6.67. The molecule has 0 spiro atoms. The number of hydrogen-bond acceptors (Lipinski definition) is 6. The number of aromatic nitrogens is 5. The molecule has 1 fully saturated rings. The van der Waals surface area contributed by atoms with Crippen molar-refractivity contribution in [3.8, 4) is 5.69 Å². The van der Waals surface area contributed by atoms with E-state index in [4.69, 9.17) is 5.10 Å². The van der Waals surface area contributed by atoms with Crippen LogP contribution < -0.4 is 5.32 Å². The number of fused-ring (bicyclic) bond motifs is 1. The van der Waals surface area contributed by atoms with E-state index in [9.17, 15) is 13.2 Å². The van der Waals surface area contributed by atoms with Crippen LogP contribution in [0.25, 0.3) is 11.3 Å². The number of sulfonamides is 1. The van der Waals surface area contributed by atoms with E-state index in [1.165, 1.54) is 16.8 Å². The molecule has 1 aliphatic heterocycles. The molecule has 11 heteroatoms. The Morgan fingerprint density at radius 1 is 1.14 bits per heavy atom. The molecule has 0 unspecified atom stereocenters. The molecule has 4 heterocycles. The summed E-state index contributed by atoms with van der Waals surface area (Å²) in [5.74, 6) is 0.187. The topological polar surface area (TPSA) is 114 Å². The van der Waals surface area contributed by atoms with Crippen LogP contribution in [-0.2, 0) is 15.4 Å². The summed E-state index contributed by atoms with van der Waals surface area (Å²) in [5.41, 5.74) is 3.22. The Morgan fingerprint density at radius 3 is 2.54 bits per heavy atom. The van der Waals surface area contributed by atoms with E-state index in [1.54, 1.807) is 27.7 Å². The van der Waals surface area contributed by atoms with Gasteiger partial charge in [-0.25, -0.2) is 26.9 Å². The van der Waals surface area contributed by atoms with Crippen molar-refractivity contribution in [3.05, 3.63) is 71.8 Å². The van der Waals surface area contributed by atoms with E-state index in [2.05, 4.69) is 22.3 Å². The van der Waals surface area contributed by atoms with E-state index < -0.39 is 10.0 Å². The first kappa shape index (κ1) is 23.2. The van der Waals surface area contributed by atoms with Gasteiger partial charge in [-0.2, -0.15) is 10.2 Å². The van der Waals surface area contributed by atoms with E-state index in [1.807, 2.05) is 37.3 Å². The molecule has 4 aromatic rings. The van der Waals surface area contributed by atoms with Gasteiger partial charge in [0.2, 0.25) is 10.0 Å². The summed E-state index contributed by atoms with van der Waals surface area (Å²) >= 11 is 0. The van der Waals surface area contributed by atoms with Crippen LogP contribution >= 0.6 is 0 Å². The number of benzene rings is 1. The van der Waals surface area contributed by atoms with Crippen LogP contribution in [0.15, 0.2) is 55.0 Å². The first-order valence-electron chi connectivity index (χ1n) is 11.4. The van der Waals surface area contributed by atoms with Gasteiger partial charge in [-0.15, -0.1) is 0 Å². The average Bonchev–Trinajstić information content (AvgIpc) is 3.44. The van der Waals surface area contributed by atoms with Crippen molar-refractivity contribution in [2.24, 2.45) is 0 Å². The summed E-state index contributed by atoms with van der Waals surface area (Å²) in [6, 6.07) is 11.5. The standard InChI is InChI=1S/C24H27N7O3S/c1-17-5-7-18(8-6-17)31-21(27-23(32)19-16-26-30-12-4-11-25-22(19)30)15-20(28-31)24(2)9-13-29(14-10-24)35(3,33)34/h4-8,11-12,15-16H,9-10,13-14H2,1-3H3,(H,27,32). The van der Waals surface area contributed by atoms with Crippen molar-refractivity contribution < 1.29 is 13.2 Å². The summed E-state index contributed by atoms with van der Waals surface area (Å²) in [4.78, 5) is 17.5. The van der Waals surface area contributed by atoms with Crippen LogP contribution in [0.4, 0.5) is 5.82 Å². The fraction of sp³-hybridized carbons (Fsp3) is 0.333. The highest BCUT2D eigenvalue weighted by atomic mass is 32.2. The van der Waals surface area contributed by atoms with E-state index in [-0.39, 0.29) is 11.3 Å². The fourth-order valence-corrected chi connectivity index (χ4v) is 5.23. The molecular weight excluding hydrogens is 466 g/mol. The molecular formula is C24H27N7O3S. The highest BCUT2D eigenvalue weighted by Gasteiger charge is 2.37. The van der Waals surface area contributed by atoms with Crippen LogP contribution in [0.3, 0.4) is 0 Å². The zero-order valence-electron chi connectivity index (χ0n) is 19.8. The van der Waals surface area contributed by atoms with Gasteiger partial charge >= 0.3 is 0 Å². The van der Waals surface area contributed by atoms with Crippen molar-refractivity contribution >= 4 is 27.4 Å². The molecule has 0 aliphatic carbocycles. The molecule has 182 valence electrons. The third kappa shape index (κ3) is 4.44. The van der Waals surface area contributed by atoms with Gasteiger partial charge in [0.05, 0.1) is 23.8 Å². The zero-order chi connectivity index (χ0) is 24.8. The Balaban J connectivity index is 1.50. The molecule has 1 N–H and O–H groups in total. The Hall–Kier alpha value is -3.57. The lowest BCUT2D eigenvalue weighted by molar-refractivity contribution is 0.102. The van der Waals surface area contributed by atoms with Crippen molar-refractivity contribution in [2.75, 3.05) is 24.7 Å². The number of hydrogen-bond donors (Lipinski definition) is 1. The Morgan fingerprint density at radius 2 is 1.86 bits per heavy atom. The van der Waals surface area contributed by atoms with Gasteiger partial charge in [0.25, 0.3) is 5.91 Å². The number of nitrogens with one attached hydrogen (secondary N) is 1. The number of carbonyl (C=O) groups is 1. The van der Waals surface area contributed by atoms with Gasteiger partial charge in [-0.3, -0.25) is 4.79 Å². The summed E-state index contributed by atoms with van der Waals surface area (Å²) in [5, 5.41) is 12.1.